The number of rotatable bonds is 2. The molecule has 1 heterocycles. The average Bonchev–Trinajstić information content (AvgIpc) is 2.89. The second-order valence-electron chi connectivity index (χ2n) is 6.03. The Hall–Kier alpha value is -1.84. The van der Waals surface area contributed by atoms with Crippen molar-refractivity contribution in [3.05, 3.63) is 49.9 Å². The molecule has 1 aliphatic rings. The maximum atomic E-state index is 13.7. The van der Waals surface area contributed by atoms with Crippen LogP contribution in [0, 0.1) is 13.8 Å². The number of ether oxygens (including phenoxy) is 2. The molecule has 3 rings (SSSR count). The molecule has 2 aromatic carbocycles. The lowest BCUT2D eigenvalue weighted by Crippen LogP contribution is -2.65. The summed E-state index contributed by atoms with van der Waals surface area (Å²) < 4.78 is 51.8. The fourth-order valence-electron chi connectivity index (χ4n) is 2.64. The Morgan fingerprint density at radius 2 is 1.50 bits per heavy atom. The predicted molar refractivity (Wildman–Crippen MR) is 102 cm³/mol. The molecule has 0 atom stereocenters. The van der Waals surface area contributed by atoms with E-state index in [1.165, 1.54) is 0 Å². The first-order valence-corrected chi connectivity index (χ1v) is 9.26. The van der Waals surface area contributed by atoms with E-state index in [1.807, 2.05) is 0 Å². The van der Waals surface area contributed by atoms with Crippen molar-refractivity contribution >= 4 is 50.9 Å². The summed E-state index contributed by atoms with van der Waals surface area (Å²) in [6.07, 6.45) is -5.11. The van der Waals surface area contributed by atoms with Gasteiger partial charge >= 0.3 is 18.1 Å². The molecule has 5 nitrogen and oxygen atoms in total. The third-order valence-electron chi connectivity index (χ3n) is 3.88. The summed E-state index contributed by atoms with van der Waals surface area (Å²) in [6, 6.07) is 4.41. The van der Waals surface area contributed by atoms with Gasteiger partial charge in [-0.05, 0) is 37.1 Å². The van der Waals surface area contributed by atoms with Crippen LogP contribution in [0.4, 0.5) is 23.7 Å². The van der Waals surface area contributed by atoms with Crippen LogP contribution in [0.3, 0.4) is 0 Å². The van der Waals surface area contributed by atoms with Gasteiger partial charge in [0.2, 0.25) is 0 Å². The number of hydrogen-bond acceptors (Lipinski definition) is 3. The monoisotopic (exact) mass is 498 g/mol. The number of benzene rings is 2. The summed E-state index contributed by atoms with van der Waals surface area (Å²) in [4.78, 5) is 12.3. The summed E-state index contributed by atoms with van der Waals surface area (Å²) in [5.74, 6) is -4.03. The molecule has 0 saturated carbocycles. The summed E-state index contributed by atoms with van der Waals surface area (Å²) in [5.41, 5.74) is 1.66. The molecule has 0 bridgehead atoms. The molecule has 150 valence electrons. The van der Waals surface area contributed by atoms with Crippen molar-refractivity contribution < 1.29 is 27.4 Å². The lowest BCUT2D eigenvalue weighted by molar-refractivity contribution is -0.317. The minimum Gasteiger partial charge on any atom is -0.424 e. The molecule has 1 aliphatic heterocycles. The highest BCUT2D eigenvalue weighted by Crippen LogP contribution is 2.48. The summed E-state index contributed by atoms with van der Waals surface area (Å²) >= 11 is 14.9. The Bertz CT molecular complexity index is 915. The zero-order chi connectivity index (χ0) is 20.9. The molecule has 28 heavy (non-hydrogen) atoms. The summed E-state index contributed by atoms with van der Waals surface area (Å²) in [6.45, 7) is 3.41. The smallest absolute Gasteiger partial charge is 0.424 e. The van der Waals surface area contributed by atoms with Crippen LogP contribution in [0.1, 0.15) is 11.1 Å². The van der Waals surface area contributed by atoms with Crippen molar-refractivity contribution in [2.45, 2.75) is 25.9 Å². The Balaban J connectivity index is 1.88. The van der Waals surface area contributed by atoms with Gasteiger partial charge in [-0.1, -0.05) is 39.1 Å². The fraction of sp³-hybridized carbons (Fsp3) is 0.235. The van der Waals surface area contributed by atoms with Crippen molar-refractivity contribution in [2.24, 2.45) is 0 Å². The number of halogens is 6. The number of anilines is 1. The third-order valence-corrected chi connectivity index (χ3v) is 5.06. The highest BCUT2D eigenvalue weighted by Gasteiger charge is 2.66. The number of hydrogen-bond donors (Lipinski definition) is 2. The Labute approximate surface area is 176 Å². The van der Waals surface area contributed by atoms with Crippen molar-refractivity contribution in [1.82, 2.24) is 5.32 Å². The van der Waals surface area contributed by atoms with E-state index in [9.17, 15) is 18.0 Å². The highest BCUT2D eigenvalue weighted by atomic mass is 79.9. The van der Waals surface area contributed by atoms with E-state index in [1.54, 1.807) is 31.3 Å². The first-order valence-electron chi connectivity index (χ1n) is 7.71. The maximum absolute atomic E-state index is 13.7. The van der Waals surface area contributed by atoms with Crippen LogP contribution in [0.25, 0.3) is 0 Å². The predicted octanol–water partition coefficient (Wildman–Crippen LogP) is 6.18. The Morgan fingerprint density at radius 3 is 1.93 bits per heavy atom. The van der Waals surface area contributed by atoms with Gasteiger partial charge in [0.05, 0.1) is 10.0 Å². The lowest BCUT2D eigenvalue weighted by atomic mass is 10.1. The van der Waals surface area contributed by atoms with Crippen molar-refractivity contribution in [2.75, 3.05) is 5.32 Å². The molecule has 2 aromatic rings. The zero-order valence-electron chi connectivity index (χ0n) is 14.3. The van der Waals surface area contributed by atoms with E-state index in [0.717, 1.165) is 16.6 Å². The highest BCUT2D eigenvalue weighted by molar-refractivity contribution is 9.10. The first-order chi connectivity index (χ1) is 12.9. The SMILES string of the molecule is Cc1cc(Br)cc(C)c1NC(=O)NC1(C(F)(F)F)Oc2cc(Cl)c(Cl)cc2O1. The van der Waals surface area contributed by atoms with Gasteiger partial charge < -0.3 is 14.8 Å². The van der Waals surface area contributed by atoms with Crippen molar-refractivity contribution in [3.63, 3.8) is 0 Å². The molecule has 2 N–H and O–H groups in total. The van der Waals surface area contributed by atoms with Crippen LogP contribution in [0.15, 0.2) is 28.7 Å². The van der Waals surface area contributed by atoms with Crippen LogP contribution in [0.2, 0.25) is 10.0 Å². The van der Waals surface area contributed by atoms with Gasteiger partial charge in [-0.2, -0.15) is 13.2 Å². The number of alkyl halides is 3. The van der Waals surface area contributed by atoms with Gasteiger partial charge in [0.15, 0.2) is 11.5 Å². The Morgan fingerprint density at radius 1 is 1.04 bits per heavy atom. The molecule has 0 aliphatic carbocycles. The van der Waals surface area contributed by atoms with E-state index >= 15 is 0 Å². The van der Waals surface area contributed by atoms with Gasteiger partial charge in [0.25, 0.3) is 0 Å². The van der Waals surface area contributed by atoms with Crippen LogP contribution >= 0.6 is 39.1 Å². The van der Waals surface area contributed by atoms with E-state index in [4.69, 9.17) is 32.7 Å². The third kappa shape index (κ3) is 3.83. The summed E-state index contributed by atoms with van der Waals surface area (Å²) in [5, 5.41) is 4.07. The van der Waals surface area contributed by atoms with Gasteiger partial charge in [-0.25, -0.2) is 4.79 Å². The van der Waals surface area contributed by atoms with Gasteiger partial charge in [-0.3, -0.25) is 5.32 Å². The number of amides is 2. The molecule has 11 heteroatoms. The van der Waals surface area contributed by atoms with Crippen LogP contribution < -0.4 is 20.1 Å². The van der Waals surface area contributed by atoms with Gasteiger partial charge in [0, 0.05) is 22.3 Å². The van der Waals surface area contributed by atoms with E-state index in [0.29, 0.717) is 16.8 Å². The van der Waals surface area contributed by atoms with Gasteiger partial charge in [0.1, 0.15) is 0 Å². The van der Waals surface area contributed by atoms with E-state index < -0.39 is 18.1 Å². The quantitative estimate of drug-likeness (QED) is 0.518. The topological polar surface area (TPSA) is 59.6 Å². The number of urea groups is 1. The Kier molecular flexibility index (Phi) is 5.37. The summed E-state index contributed by atoms with van der Waals surface area (Å²) in [7, 11) is 0. The molecule has 0 saturated heterocycles. The molecular weight excluding hydrogens is 488 g/mol. The molecular formula is C17H12BrCl2F3N2O3. The first kappa shape index (κ1) is 20.9. The minimum atomic E-state index is -5.11. The van der Waals surface area contributed by atoms with E-state index in [2.05, 4.69) is 21.2 Å². The number of aryl methyl sites for hydroxylation is 2. The van der Waals surface area contributed by atoms with E-state index in [-0.39, 0.29) is 21.5 Å². The maximum Gasteiger partial charge on any atom is 0.492 e. The fourth-order valence-corrected chi connectivity index (χ4v) is 3.63. The van der Waals surface area contributed by atoms with Crippen molar-refractivity contribution in [3.8, 4) is 11.5 Å². The minimum absolute atomic E-state index is 0.0208. The van der Waals surface area contributed by atoms with Crippen LogP contribution in [-0.4, -0.2) is 18.1 Å². The number of fused-ring (bicyclic) bond motifs is 1. The molecule has 0 spiro atoms. The lowest BCUT2D eigenvalue weighted by Gasteiger charge is -2.29. The molecule has 2 amide bonds. The second kappa shape index (κ2) is 7.20. The van der Waals surface area contributed by atoms with Crippen LogP contribution in [-0.2, 0) is 0 Å². The zero-order valence-corrected chi connectivity index (χ0v) is 17.4. The average molecular weight is 500 g/mol. The standard InChI is InChI=1S/C17H12BrCl2F3N2O3/c1-7-3-9(18)4-8(2)14(7)24-15(26)25-17(16(21,22)23)27-12-5-10(19)11(20)6-13(12)28-17/h3-6H,1-2H3,(H2,24,25,26). The second-order valence-corrected chi connectivity index (χ2v) is 7.76. The largest absolute Gasteiger partial charge is 0.492 e. The normalized spacial score (nSPS) is 14.7. The van der Waals surface area contributed by atoms with Gasteiger partial charge in [-0.15, -0.1) is 0 Å². The number of carbonyl (C=O) groups is 1. The van der Waals surface area contributed by atoms with Crippen LogP contribution in [0.5, 0.6) is 11.5 Å². The van der Waals surface area contributed by atoms with Crippen molar-refractivity contribution in [1.29, 1.82) is 0 Å². The number of carbonyl (C=O) groups excluding carboxylic acids is 1. The molecule has 0 fully saturated rings. The molecule has 0 aromatic heterocycles. The molecule has 0 unspecified atom stereocenters. The number of nitrogens with one attached hydrogen (secondary N) is 2. The molecule has 0 radical (unpaired) electrons.